The summed E-state index contributed by atoms with van der Waals surface area (Å²) in [5.41, 5.74) is 8.07. The standard InChI is InChI=1S/C17H20FNO2/c1-3-12-4-9-16(17(10-12)20-2)21-11-15(19)13-5-7-14(18)8-6-13/h4-10,15H,3,11,19H2,1-2H3. The lowest BCUT2D eigenvalue weighted by Gasteiger charge is -2.16. The summed E-state index contributed by atoms with van der Waals surface area (Å²) in [6, 6.07) is 11.6. The van der Waals surface area contributed by atoms with Crippen molar-refractivity contribution in [2.45, 2.75) is 19.4 Å². The molecule has 3 nitrogen and oxygen atoms in total. The molecule has 0 heterocycles. The Bertz CT molecular complexity index is 584. The van der Waals surface area contributed by atoms with Crippen LogP contribution in [-0.2, 0) is 6.42 Å². The van der Waals surface area contributed by atoms with Crippen LogP contribution in [0.1, 0.15) is 24.1 Å². The molecule has 2 N–H and O–H groups in total. The second-order valence-electron chi connectivity index (χ2n) is 4.81. The van der Waals surface area contributed by atoms with E-state index < -0.39 is 0 Å². The minimum absolute atomic E-state index is 0.274. The molecule has 21 heavy (non-hydrogen) atoms. The first kappa shape index (κ1) is 15.3. The van der Waals surface area contributed by atoms with Crippen LogP contribution < -0.4 is 15.2 Å². The number of halogens is 1. The van der Waals surface area contributed by atoms with Crippen molar-refractivity contribution in [1.82, 2.24) is 0 Å². The Hall–Kier alpha value is -2.07. The summed E-state index contributed by atoms with van der Waals surface area (Å²) >= 11 is 0. The summed E-state index contributed by atoms with van der Waals surface area (Å²) in [5.74, 6) is 1.08. The van der Waals surface area contributed by atoms with E-state index >= 15 is 0 Å². The van der Waals surface area contributed by atoms with Gasteiger partial charge < -0.3 is 15.2 Å². The molecule has 0 amide bonds. The van der Waals surface area contributed by atoms with Crippen LogP contribution in [0.2, 0.25) is 0 Å². The minimum atomic E-state index is -0.318. The second kappa shape index (κ2) is 7.09. The van der Waals surface area contributed by atoms with Crippen LogP contribution in [0.5, 0.6) is 11.5 Å². The first-order chi connectivity index (χ1) is 10.1. The average Bonchev–Trinajstić information content (AvgIpc) is 2.53. The van der Waals surface area contributed by atoms with Crippen LogP contribution in [0.3, 0.4) is 0 Å². The van der Waals surface area contributed by atoms with E-state index in [-0.39, 0.29) is 11.9 Å². The number of hydrogen-bond acceptors (Lipinski definition) is 3. The van der Waals surface area contributed by atoms with Crippen molar-refractivity contribution >= 4 is 0 Å². The van der Waals surface area contributed by atoms with Crippen molar-refractivity contribution in [3.63, 3.8) is 0 Å². The van der Waals surface area contributed by atoms with Crippen molar-refractivity contribution in [2.75, 3.05) is 13.7 Å². The Kier molecular flexibility index (Phi) is 5.17. The second-order valence-corrected chi connectivity index (χ2v) is 4.81. The van der Waals surface area contributed by atoms with Gasteiger partial charge in [-0.1, -0.05) is 25.1 Å². The molecule has 2 aromatic rings. The molecule has 0 saturated heterocycles. The van der Waals surface area contributed by atoms with E-state index in [1.165, 1.54) is 17.7 Å². The Labute approximate surface area is 124 Å². The lowest BCUT2D eigenvalue weighted by Crippen LogP contribution is -2.19. The predicted octanol–water partition coefficient (Wildman–Crippen LogP) is 3.48. The number of nitrogens with two attached hydrogens (primary N) is 1. The summed E-state index contributed by atoms with van der Waals surface area (Å²) in [6.07, 6.45) is 0.936. The number of methoxy groups -OCH3 is 1. The molecule has 2 rings (SSSR count). The van der Waals surface area contributed by atoms with Gasteiger partial charge in [-0.05, 0) is 41.8 Å². The zero-order chi connectivity index (χ0) is 15.2. The van der Waals surface area contributed by atoms with Crippen molar-refractivity contribution in [3.05, 3.63) is 59.4 Å². The van der Waals surface area contributed by atoms with Gasteiger partial charge in [-0.2, -0.15) is 0 Å². The molecule has 1 atom stereocenters. The molecule has 1 unspecified atom stereocenters. The van der Waals surface area contributed by atoms with Gasteiger partial charge in [0.2, 0.25) is 0 Å². The van der Waals surface area contributed by atoms with Crippen molar-refractivity contribution in [1.29, 1.82) is 0 Å². The third-order valence-electron chi connectivity index (χ3n) is 3.35. The molecule has 2 aromatic carbocycles. The Morgan fingerprint density at radius 1 is 1.10 bits per heavy atom. The van der Waals surface area contributed by atoms with Gasteiger partial charge in [0.25, 0.3) is 0 Å². The highest BCUT2D eigenvalue weighted by atomic mass is 19.1. The monoisotopic (exact) mass is 289 g/mol. The summed E-state index contributed by atoms with van der Waals surface area (Å²) in [7, 11) is 1.61. The molecule has 0 aliphatic heterocycles. The topological polar surface area (TPSA) is 44.5 Å². The highest BCUT2D eigenvalue weighted by Gasteiger charge is 2.10. The molecule has 0 saturated carbocycles. The van der Waals surface area contributed by atoms with Crippen LogP contribution in [0.25, 0.3) is 0 Å². The third-order valence-corrected chi connectivity index (χ3v) is 3.35. The maximum atomic E-state index is 12.9. The van der Waals surface area contributed by atoms with Crippen molar-refractivity contribution in [3.8, 4) is 11.5 Å². The van der Waals surface area contributed by atoms with Crippen molar-refractivity contribution in [2.24, 2.45) is 5.73 Å². The van der Waals surface area contributed by atoms with Crippen LogP contribution in [0, 0.1) is 5.82 Å². The van der Waals surface area contributed by atoms with E-state index in [0.717, 1.165) is 12.0 Å². The van der Waals surface area contributed by atoms with E-state index in [4.69, 9.17) is 15.2 Å². The smallest absolute Gasteiger partial charge is 0.161 e. The molecular formula is C17H20FNO2. The fourth-order valence-corrected chi connectivity index (χ4v) is 2.04. The van der Waals surface area contributed by atoms with E-state index in [9.17, 15) is 4.39 Å². The van der Waals surface area contributed by atoms with Crippen LogP contribution in [0.4, 0.5) is 4.39 Å². The molecule has 0 fully saturated rings. The van der Waals surface area contributed by atoms with Crippen LogP contribution in [0.15, 0.2) is 42.5 Å². The van der Waals surface area contributed by atoms with E-state index in [2.05, 4.69) is 6.92 Å². The van der Waals surface area contributed by atoms with E-state index in [1.807, 2.05) is 18.2 Å². The van der Waals surface area contributed by atoms with Gasteiger partial charge in [0.15, 0.2) is 11.5 Å². The minimum Gasteiger partial charge on any atom is -0.493 e. The SMILES string of the molecule is CCc1ccc(OCC(N)c2ccc(F)cc2)c(OC)c1. The first-order valence-corrected chi connectivity index (χ1v) is 6.94. The normalized spacial score (nSPS) is 12.0. The van der Waals surface area contributed by atoms with Gasteiger partial charge in [0.1, 0.15) is 12.4 Å². The largest absolute Gasteiger partial charge is 0.493 e. The summed E-state index contributed by atoms with van der Waals surface area (Å²) in [4.78, 5) is 0. The maximum Gasteiger partial charge on any atom is 0.161 e. The van der Waals surface area contributed by atoms with Gasteiger partial charge in [-0.15, -0.1) is 0 Å². The van der Waals surface area contributed by atoms with Gasteiger partial charge in [-0.25, -0.2) is 4.39 Å². The molecule has 0 bridgehead atoms. The van der Waals surface area contributed by atoms with Gasteiger partial charge in [-0.3, -0.25) is 0 Å². The Morgan fingerprint density at radius 3 is 2.43 bits per heavy atom. The molecule has 112 valence electrons. The zero-order valence-corrected chi connectivity index (χ0v) is 12.3. The Balaban J connectivity index is 2.03. The predicted molar refractivity (Wildman–Crippen MR) is 81.2 cm³/mol. The summed E-state index contributed by atoms with van der Waals surface area (Å²) < 4.78 is 23.9. The van der Waals surface area contributed by atoms with Gasteiger partial charge >= 0.3 is 0 Å². The number of rotatable bonds is 6. The number of ether oxygens (including phenoxy) is 2. The van der Waals surface area contributed by atoms with Crippen LogP contribution in [-0.4, -0.2) is 13.7 Å². The highest BCUT2D eigenvalue weighted by molar-refractivity contribution is 5.43. The molecular weight excluding hydrogens is 269 g/mol. The van der Waals surface area contributed by atoms with E-state index in [1.54, 1.807) is 19.2 Å². The lowest BCUT2D eigenvalue weighted by molar-refractivity contribution is 0.273. The van der Waals surface area contributed by atoms with Crippen LogP contribution >= 0.6 is 0 Å². The maximum absolute atomic E-state index is 12.9. The fourth-order valence-electron chi connectivity index (χ4n) is 2.04. The molecule has 0 radical (unpaired) electrons. The average molecular weight is 289 g/mol. The zero-order valence-electron chi connectivity index (χ0n) is 12.3. The first-order valence-electron chi connectivity index (χ1n) is 6.94. The summed E-state index contributed by atoms with van der Waals surface area (Å²) in [6.45, 7) is 2.38. The van der Waals surface area contributed by atoms with Gasteiger partial charge in [0, 0.05) is 0 Å². The quantitative estimate of drug-likeness (QED) is 0.885. The molecule has 0 aliphatic carbocycles. The number of aryl methyl sites for hydroxylation is 1. The molecule has 0 aliphatic rings. The summed E-state index contributed by atoms with van der Waals surface area (Å²) in [5, 5.41) is 0. The lowest BCUT2D eigenvalue weighted by atomic mass is 10.1. The van der Waals surface area contributed by atoms with E-state index in [0.29, 0.717) is 18.1 Å². The highest BCUT2D eigenvalue weighted by Crippen LogP contribution is 2.29. The third kappa shape index (κ3) is 3.95. The molecule has 4 heteroatoms. The molecule has 0 aromatic heterocycles. The van der Waals surface area contributed by atoms with Gasteiger partial charge in [0.05, 0.1) is 13.2 Å². The Morgan fingerprint density at radius 2 is 1.81 bits per heavy atom. The fraction of sp³-hybridized carbons (Fsp3) is 0.294. The number of benzene rings is 2. The number of hydrogen-bond donors (Lipinski definition) is 1. The van der Waals surface area contributed by atoms with Crippen molar-refractivity contribution < 1.29 is 13.9 Å². The molecule has 0 spiro atoms.